The van der Waals surface area contributed by atoms with Crippen molar-refractivity contribution in [3.05, 3.63) is 64.4 Å². The van der Waals surface area contributed by atoms with Crippen LogP contribution in [0.25, 0.3) is 0 Å². The fourth-order valence-corrected chi connectivity index (χ4v) is 2.02. The molecule has 1 heterocycles. The molecule has 0 aliphatic rings. The Morgan fingerprint density at radius 3 is 2.33 bits per heavy atom. The van der Waals surface area contributed by atoms with E-state index in [9.17, 15) is 0 Å². The Balaban J connectivity index is 2.36. The highest BCUT2D eigenvalue weighted by Crippen LogP contribution is 2.33. The molecule has 1 N–H and O–H groups in total. The Hall–Kier alpha value is -0.810. The van der Waals surface area contributed by atoms with Crippen LogP contribution in [-0.4, -0.2) is 14.7 Å². The number of rotatable bonds is 3. The average molecular weight is 409 g/mol. The number of nitrogens with one attached hydrogen (secondary N) is 1. The number of aromatic nitrogens is 1. The normalized spacial score (nSPS) is 12.8. The fraction of sp³-hybridized carbons (Fsp3) is 0.143. The fourth-order valence-electron chi connectivity index (χ4n) is 1.65. The van der Waals surface area contributed by atoms with Crippen LogP contribution in [0.4, 0.5) is 0 Å². The zero-order valence-corrected chi connectivity index (χ0v) is 14.4. The van der Waals surface area contributed by atoms with Gasteiger partial charge in [0.2, 0.25) is 5.90 Å². The smallest absolute Gasteiger partial charge is 0.265 e. The van der Waals surface area contributed by atoms with E-state index < -0.39 is 15.8 Å². The topological polar surface area (TPSA) is 46.0 Å². The van der Waals surface area contributed by atoms with E-state index in [1.807, 2.05) is 36.4 Å². The van der Waals surface area contributed by atoms with E-state index in [1.54, 1.807) is 12.3 Å². The second-order valence-corrected chi connectivity index (χ2v) is 7.33. The van der Waals surface area contributed by atoms with E-state index in [0.717, 1.165) is 10.0 Å². The van der Waals surface area contributed by atoms with Crippen LogP contribution in [0.3, 0.4) is 0 Å². The van der Waals surface area contributed by atoms with Gasteiger partial charge in [-0.15, -0.1) is 0 Å². The largest absolute Gasteiger partial charge is 0.463 e. The summed E-state index contributed by atoms with van der Waals surface area (Å²) >= 11 is 20.4. The van der Waals surface area contributed by atoms with Crippen LogP contribution in [-0.2, 0) is 4.74 Å². The SMILES string of the molecule is N=C(OC(c1ccccc1)c1ccc(Br)cn1)C(Cl)(Cl)Cl. The molecule has 7 heteroatoms. The van der Waals surface area contributed by atoms with Crippen LogP contribution in [0.5, 0.6) is 0 Å². The summed E-state index contributed by atoms with van der Waals surface area (Å²) in [5.41, 5.74) is 1.43. The van der Waals surface area contributed by atoms with Crippen molar-refractivity contribution < 1.29 is 4.74 Å². The first-order chi connectivity index (χ1) is 9.88. The Bertz CT molecular complexity index is 614. The number of benzene rings is 1. The average Bonchev–Trinajstić information content (AvgIpc) is 2.45. The Morgan fingerprint density at radius 2 is 1.81 bits per heavy atom. The third kappa shape index (κ3) is 4.58. The van der Waals surface area contributed by atoms with Crippen molar-refractivity contribution in [3.63, 3.8) is 0 Å². The first kappa shape index (κ1) is 16.6. The second kappa shape index (κ2) is 6.97. The number of nitrogens with zero attached hydrogens (tertiary/aromatic N) is 1. The second-order valence-electron chi connectivity index (χ2n) is 4.14. The van der Waals surface area contributed by atoms with E-state index in [1.165, 1.54) is 0 Å². The molecular formula is C14H10BrCl3N2O. The third-order valence-corrected chi connectivity index (χ3v) is 3.60. The molecule has 0 spiro atoms. The Morgan fingerprint density at radius 1 is 1.14 bits per heavy atom. The highest BCUT2D eigenvalue weighted by Gasteiger charge is 2.32. The van der Waals surface area contributed by atoms with E-state index in [-0.39, 0.29) is 0 Å². The minimum Gasteiger partial charge on any atom is -0.463 e. The first-order valence-corrected chi connectivity index (χ1v) is 7.79. The molecule has 1 aromatic carbocycles. The van der Waals surface area contributed by atoms with Crippen molar-refractivity contribution >= 4 is 56.6 Å². The van der Waals surface area contributed by atoms with Crippen LogP contribution in [0.2, 0.25) is 0 Å². The number of alkyl halides is 3. The standard InChI is InChI=1S/C14H10BrCl3N2O/c15-10-6-7-11(20-8-10)12(9-4-2-1-3-5-9)21-13(19)14(16,17)18/h1-8,12,19H. The maximum Gasteiger partial charge on any atom is 0.265 e. The number of ether oxygens (including phenoxy) is 1. The lowest BCUT2D eigenvalue weighted by Crippen LogP contribution is -2.24. The van der Waals surface area contributed by atoms with Gasteiger partial charge >= 0.3 is 0 Å². The molecular weight excluding hydrogens is 398 g/mol. The van der Waals surface area contributed by atoms with Gasteiger partial charge in [-0.1, -0.05) is 65.1 Å². The Kier molecular flexibility index (Phi) is 5.49. The van der Waals surface area contributed by atoms with Gasteiger partial charge < -0.3 is 4.74 Å². The maximum atomic E-state index is 7.76. The van der Waals surface area contributed by atoms with E-state index >= 15 is 0 Å². The van der Waals surface area contributed by atoms with Gasteiger partial charge in [-0.3, -0.25) is 10.4 Å². The molecule has 1 unspecified atom stereocenters. The van der Waals surface area contributed by atoms with Crippen molar-refractivity contribution in [2.75, 3.05) is 0 Å². The predicted molar refractivity (Wildman–Crippen MR) is 89.3 cm³/mol. The maximum absolute atomic E-state index is 7.76. The van der Waals surface area contributed by atoms with Gasteiger partial charge in [-0.05, 0) is 33.6 Å². The third-order valence-electron chi connectivity index (χ3n) is 2.61. The van der Waals surface area contributed by atoms with Crippen LogP contribution in [0.15, 0.2) is 53.1 Å². The summed E-state index contributed by atoms with van der Waals surface area (Å²) < 4.78 is 4.46. The molecule has 0 bridgehead atoms. The van der Waals surface area contributed by atoms with Crippen molar-refractivity contribution in [3.8, 4) is 0 Å². The van der Waals surface area contributed by atoms with E-state index in [4.69, 9.17) is 44.9 Å². The highest BCUT2D eigenvalue weighted by atomic mass is 79.9. The molecule has 1 aromatic heterocycles. The van der Waals surface area contributed by atoms with Gasteiger partial charge in [0, 0.05) is 10.7 Å². The van der Waals surface area contributed by atoms with Gasteiger partial charge in [-0.25, -0.2) is 0 Å². The molecule has 0 fully saturated rings. The molecule has 2 aromatic rings. The molecule has 2 rings (SSSR count). The molecule has 0 aliphatic heterocycles. The lowest BCUT2D eigenvalue weighted by molar-refractivity contribution is 0.221. The minimum absolute atomic E-state index is 0.453. The van der Waals surface area contributed by atoms with Gasteiger partial charge in [-0.2, -0.15) is 0 Å². The number of halogens is 4. The lowest BCUT2D eigenvalue weighted by Gasteiger charge is -2.22. The van der Waals surface area contributed by atoms with Crippen LogP contribution < -0.4 is 0 Å². The molecule has 0 radical (unpaired) electrons. The summed E-state index contributed by atoms with van der Waals surface area (Å²) in [5.74, 6) is -0.453. The summed E-state index contributed by atoms with van der Waals surface area (Å²) in [6.45, 7) is 0. The molecule has 0 saturated carbocycles. The molecule has 110 valence electrons. The zero-order valence-electron chi connectivity index (χ0n) is 10.6. The van der Waals surface area contributed by atoms with Gasteiger partial charge in [0.15, 0.2) is 6.10 Å². The molecule has 21 heavy (non-hydrogen) atoms. The molecule has 1 atom stereocenters. The molecule has 0 aliphatic carbocycles. The summed E-state index contributed by atoms with van der Waals surface area (Å²) in [5, 5.41) is 7.76. The van der Waals surface area contributed by atoms with Crippen molar-refractivity contribution in [2.24, 2.45) is 0 Å². The lowest BCUT2D eigenvalue weighted by atomic mass is 10.1. The van der Waals surface area contributed by atoms with Crippen molar-refractivity contribution in [1.29, 1.82) is 5.41 Å². The first-order valence-electron chi connectivity index (χ1n) is 5.86. The van der Waals surface area contributed by atoms with Crippen LogP contribution in [0.1, 0.15) is 17.4 Å². The summed E-state index contributed by atoms with van der Waals surface area (Å²) in [4.78, 5) is 4.29. The Labute approximate surface area is 145 Å². The number of hydrogen-bond donors (Lipinski definition) is 1. The van der Waals surface area contributed by atoms with E-state index in [2.05, 4.69) is 20.9 Å². The number of hydrogen-bond acceptors (Lipinski definition) is 3. The van der Waals surface area contributed by atoms with Gasteiger partial charge in [0.1, 0.15) is 0 Å². The minimum atomic E-state index is -1.91. The molecule has 3 nitrogen and oxygen atoms in total. The summed E-state index contributed by atoms with van der Waals surface area (Å²) in [6, 6.07) is 13.0. The monoisotopic (exact) mass is 406 g/mol. The molecule has 0 saturated heterocycles. The van der Waals surface area contributed by atoms with Crippen LogP contribution in [0, 0.1) is 5.41 Å². The molecule has 0 amide bonds. The van der Waals surface area contributed by atoms with Gasteiger partial charge in [0.25, 0.3) is 3.79 Å². The summed E-state index contributed by atoms with van der Waals surface area (Å²) in [7, 11) is 0. The van der Waals surface area contributed by atoms with Crippen molar-refractivity contribution in [1.82, 2.24) is 4.98 Å². The summed E-state index contributed by atoms with van der Waals surface area (Å²) in [6.07, 6.45) is 1.02. The number of pyridine rings is 1. The van der Waals surface area contributed by atoms with E-state index in [0.29, 0.717) is 5.69 Å². The van der Waals surface area contributed by atoms with Crippen LogP contribution >= 0.6 is 50.7 Å². The zero-order chi connectivity index (χ0) is 15.5. The quantitative estimate of drug-likeness (QED) is 0.426. The predicted octanol–water partition coefficient (Wildman–Crippen LogP) is 5.30. The van der Waals surface area contributed by atoms with Gasteiger partial charge in [0.05, 0.1) is 5.69 Å². The highest BCUT2D eigenvalue weighted by molar-refractivity contribution is 9.10. The van der Waals surface area contributed by atoms with Crippen molar-refractivity contribution in [2.45, 2.75) is 9.90 Å².